The Morgan fingerprint density at radius 1 is 1.26 bits per heavy atom. The average Bonchev–Trinajstić information content (AvgIpc) is 2.27. The summed E-state index contributed by atoms with van der Waals surface area (Å²) in [6, 6.07) is 0.109. The van der Waals surface area contributed by atoms with Crippen LogP contribution in [0.5, 0.6) is 0 Å². The topological polar surface area (TPSA) is 69.6 Å². The van der Waals surface area contributed by atoms with Crippen molar-refractivity contribution in [1.29, 1.82) is 0 Å². The van der Waals surface area contributed by atoms with Gasteiger partial charge in [0.05, 0.1) is 0 Å². The number of aliphatic hydroxyl groups excluding tert-OH is 1. The van der Waals surface area contributed by atoms with Crippen LogP contribution in [-0.2, 0) is 9.59 Å². The minimum atomic E-state index is -0.433. The van der Waals surface area contributed by atoms with Crippen LogP contribution in [0.15, 0.2) is 0 Å². The maximum Gasteiger partial charge on any atom is 0.225 e. The highest BCUT2D eigenvalue weighted by atomic mass is 16.3. The highest BCUT2D eigenvalue weighted by molar-refractivity contribution is 5.82. The molecule has 0 heterocycles. The molecule has 2 amide bonds. The molecule has 0 atom stereocenters. The van der Waals surface area contributed by atoms with Gasteiger partial charge >= 0.3 is 0 Å². The number of aliphatic hydroxyl groups is 1. The number of hydrogen-bond acceptors (Lipinski definition) is 3. The smallest absolute Gasteiger partial charge is 0.225 e. The molecule has 0 unspecified atom stereocenters. The third-order valence-corrected chi connectivity index (χ3v) is 2.81. The zero-order chi connectivity index (χ0) is 15.1. The van der Waals surface area contributed by atoms with Gasteiger partial charge < -0.3 is 15.3 Å². The van der Waals surface area contributed by atoms with E-state index in [4.69, 9.17) is 5.11 Å². The maximum absolute atomic E-state index is 12.0. The van der Waals surface area contributed by atoms with E-state index in [1.165, 1.54) is 0 Å². The number of nitrogens with zero attached hydrogens (tertiary/aromatic N) is 1. The number of carbonyl (C=O) groups excluding carboxylic acids is 2. The van der Waals surface area contributed by atoms with Crippen LogP contribution in [-0.4, -0.2) is 47.6 Å². The summed E-state index contributed by atoms with van der Waals surface area (Å²) in [6.07, 6.45) is 0.879. The molecule has 0 rings (SSSR count). The third kappa shape index (κ3) is 7.15. The molecule has 0 aromatic rings. The fourth-order valence-electron chi connectivity index (χ4n) is 1.60. The summed E-state index contributed by atoms with van der Waals surface area (Å²) < 4.78 is 0. The Kier molecular flexibility index (Phi) is 7.68. The van der Waals surface area contributed by atoms with Gasteiger partial charge in [0.15, 0.2) is 0 Å². The van der Waals surface area contributed by atoms with Crippen LogP contribution in [0.2, 0.25) is 0 Å². The van der Waals surface area contributed by atoms with E-state index in [-0.39, 0.29) is 24.5 Å². The first-order valence-electron chi connectivity index (χ1n) is 6.88. The summed E-state index contributed by atoms with van der Waals surface area (Å²) in [5.41, 5.74) is -0.433. The summed E-state index contributed by atoms with van der Waals surface area (Å²) in [5, 5.41) is 11.6. The van der Waals surface area contributed by atoms with Gasteiger partial charge in [-0.1, -0.05) is 20.8 Å². The molecule has 0 aliphatic heterocycles. The van der Waals surface area contributed by atoms with Crippen LogP contribution in [0.3, 0.4) is 0 Å². The predicted octanol–water partition coefficient (Wildman–Crippen LogP) is 1.16. The van der Waals surface area contributed by atoms with Gasteiger partial charge in [-0.15, -0.1) is 0 Å². The molecule has 19 heavy (non-hydrogen) atoms. The van der Waals surface area contributed by atoms with Gasteiger partial charge in [0.1, 0.15) is 0 Å². The number of amides is 2. The molecule has 112 valence electrons. The van der Waals surface area contributed by atoms with E-state index >= 15 is 0 Å². The summed E-state index contributed by atoms with van der Waals surface area (Å²) in [5.74, 6) is -0.0376. The lowest BCUT2D eigenvalue weighted by molar-refractivity contribution is -0.133. The summed E-state index contributed by atoms with van der Waals surface area (Å²) in [4.78, 5) is 25.4. The zero-order valence-electron chi connectivity index (χ0n) is 12.8. The van der Waals surface area contributed by atoms with Crippen LogP contribution in [0.1, 0.15) is 47.5 Å². The second-order valence-corrected chi connectivity index (χ2v) is 6.01. The fraction of sp³-hybridized carbons (Fsp3) is 0.857. The van der Waals surface area contributed by atoms with E-state index in [0.717, 1.165) is 0 Å². The quantitative estimate of drug-likeness (QED) is 0.730. The average molecular weight is 272 g/mol. The number of hydrogen-bond donors (Lipinski definition) is 2. The third-order valence-electron chi connectivity index (χ3n) is 2.81. The van der Waals surface area contributed by atoms with Gasteiger partial charge in [-0.2, -0.15) is 0 Å². The molecular weight excluding hydrogens is 244 g/mol. The molecule has 0 bridgehead atoms. The molecule has 0 saturated heterocycles. The van der Waals surface area contributed by atoms with E-state index in [2.05, 4.69) is 5.32 Å². The van der Waals surface area contributed by atoms with Crippen molar-refractivity contribution in [1.82, 2.24) is 10.2 Å². The Balaban J connectivity index is 4.17. The first kappa shape index (κ1) is 17.9. The van der Waals surface area contributed by atoms with Gasteiger partial charge in [0, 0.05) is 37.6 Å². The van der Waals surface area contributed by atoms with Gasteiger partial charge in [-0.3, -0.25) is 9.59 Å². The molecular formula is C14H28N2O3. The Morgan fingerprint density at radius 3 is 2.26 bits per heavy atom. The van der Waals surface area contributed by atoms with Crippen LogP contribution in [0.25, 0.3) is 0 Å². The first-order valence-corrected chi connectivity index (χ1v) is 6.88. The van der Waals surface area contributed by atoms with Gasteiger partial charge in [-0.05, 0) is 20.3 Å². The van der Waals surface area contributed by atoms with Crippen LogP contribution >= 0.6 is 0 Å². The standard InChI is InChI=1S/C14H28N2O3/c1-11(2)16(9-6-10-17)12(18)7-8-15-13(19)14(3,4)5/h11,17H,6-10H2,1-5H3,(H,15,19). The number of rotatable bonds is 7. The van der Waals surface area contributed by atoms with Crippen molar-refractivity contribution in [2.75, 3.05) is 19.7 Å². The lowest BCUT2D eigenvalue weighted by atomic mass is 9.96. The first-order chi connectivity index (χ1) is 8.70. The van der Waals surface area contributed by atoms with Gasteiger partial charge in [-0.25, -0.2) is 0 Å². The molecule has 0 saturated carbocycles. The van der Waals surface area contributed by atoms with E-state index in [0.29, 0.717) is 25.9 Å². The highest BCUT2D eigenvalue weighted by Gasteiger charge is 2.21. The number of carbonyl (C=O) groups is 2. The second-order valence-electron chi connectivity index (χ2n) is 6.01. The van der Waals surface area contributed by atoms with Gasteiger partial charge in [0.25, 0.3) is 0 Å². The Bertz CT molecular complexity index is 296. The number of nitrogens with one attached hydrogen (secondary N) is 1. The lowest BCUT2D eigenvalue weighted by Gasteiger charge is -2.27. The molecule has 0 aliphatic carbocycles. The van der Waals surface area contributed by atoms with E-state index in [1.54, 1.807) is 4.90 Å². The molecule has 0 spiro atoms. The molecule has 0 fully saturated rings. The molecule has 0 aromatic carbocycles. The second kappa shape index (κ2) is 8.15. The fourth-order valence-corrected chi connectivity index (χ4v) is 1.60. The molecule has 0 radical (unpaired) electrons. The highest BCUT2D eigenvalue weighted by Crippen LogP contribution is 2.12. The Morgan fingerprint density at radius 2 is 1.84 bits per heavy atom. The monoisotopic (exact) mass is 272 g/mol. The van der Waals surface area contributed by atoms with Crippen LogP contribution in [0, 0.1) is 5.41 Å². The normalized spacial score (nSPS) is 11.5. The van der Waals surface area contributed by atoms with Crippen molar-refractivity contribution in [2.24, 2.45) is 5.41 Å². The molecule has 0 aromatic heterocycles. The van der Waals surface area contributed by atoms with Crippen LogP contribution in [0.4, 0.5) is 0 Å². The van der Waals surface area contributed by atoms with E-state index in [1.807, 2.05) is 34.6 Å². The Hall–Kier alpha value is -1.10. The summed E-state index contributed by atoms with van der Waals surface area (Å²) >= 11 is 0. The minimum Gasteiger partial charge on any atom is -0.396 e. The summed E-state index contributed by atoms with van der Waals surface area (Å²) in [7, 11) is 0. The predicted molar refractivity (Wildman–Crippen MR) is 75.6 cm³/mol. The van der Waals surface area contributed by atoms with Crippen molar-refractivity contribution in [3.8, 4) is 0 Å². The molecule has 5 nitrogen and oxygen atoms in total. The largest absolute Gasteiger partial charge is 0.396 e. The van der Waals surface area contributed by atoms with E-state index in [9.17, 15) is 9.59 Å². The van der Waals surface area contributed by atoms with Gasteiger partial charge in [0.2, 0.25) is 11.8 Å². The van der Waals surface area contributed by atoms with Crippen molar-refractivity contribution >= 4 is 11.8 Å². The SMILES string of the molecule is CC(C)N(CCCO)C(=O)CCNC(=O)C(C)(C)C. The minimum absolute atomic E-state index is 0.0117. The van der Waals surface area contributed by atoms with E-state index < -0.39 is 5.41 Å². The Labute approximate surface area is 116 Å². The lowest BCUT2D eigenvalue weighted by Crippen LogP contribution is -2.41. The van der Waals surface area contributed by atoms with Crippen molar-refractivity contribution in [2.45, 2.75) is 53.5 Å². The molecule has 5 heteroatoms. The van der Waals surface area contributed by atoms with Crippen molar-refractivity contribution < 1.29 is 14.7 Å². The van der Waals surface area contributed by atoms with Crippen LogP contribution < -0.4 is 5.32 Å². The molecule has 0 aliphatic rings. The van der Waals surface area contributed by atoms with Crippen molar-refractivity contribution in [3.05, 3.63) is 0 Å². The maximum atomic E-state index is 12.0. The zero-order valence-corrected chi connectivity index (χ0v) is 12.8. The van der Waals surface area contributed by atoms with Crippen molar-refractivity contribution in [3.63, 3.8) is 0 Å². The molecule has 2 N–H and O–H groups in total. The summed E-state index contributed by atoms with van der Waals surface area (Å²) in [6.45, 7) is 10.4.